The van der Waals surface area contributed by atoms with Gasteiger partial charge in [-0.25, -0.2) is 28.6 Å². The van der Waals surface area contributed by atoms with Gasteiger partial charge in [-0.3, -0.25) is 0 Å². The van der Waals surface area contributed by atoms with Crippen LogP contribution in [0.15, 0.2) is 66.9 Å². The molecule has 2 aromatic rings. The minimum absolute atomic E-state index is 0.173. The molecule has 0 bridgehead atoms. The van der Waals surface area contributed by atoms with E-state index in [0.717, 1.165) is 44.6 Å². The fourth-order valence-electron chi connectivity index (χ4n) is 3.37. The highest BCUT2D eigenvalue weighted by atomic mass is 35.5. The lowest BCUT2D eigenvalue weighted by atomic mass is 10.1. The Hall–Kier alpha value is -4.49. The van der Waals surface area contributed by atoms with Crippen molar-refractivity contribution in [1.29, 1.82) is 0 Å². The monoisotopic (exact) mass is 595 g/mol. The van der Waals surface area contributed by atoms with E-state index in [1.165, 1.54) is 6.07 Å². The summed E-state index contributed by atoms with van der Waals surface area (Å²) in [5.41, 5.74) is 0.978. The van der Waals surface area contributed by atoms with Crippen LogP contribution in [0.4, 0.5) is 10.1 Å². The van der Waals surface area contributed by atoms with Crippen molar-refractivity contribution in [2.24, 2.45) is 0 Å². The van der Waals surface area contributed by atoms with Crippen molar-refractivity contribution < 1.29 is 48.7 Å². The molecule has 0 radical (unpaired) electrons. The molecule has 1 aromatic carbocycles. The Morgan fingerprint density at radius 3 is 2.05 bits per heavy atom. The maximum Gasteiger partial charge on any atom is 0.328 e. The van der Waals surface area contributed by atoms with Crippen LogP contribution in [0.5, 0.6) is 5.88 Å². The van der Waals surface area contributed by atoms with Crippen molar-refractivity contribution in [2.45, 2.75) is 25.3 Å². The van der Waals surface area contributed by atoms with Gasteiger partial charge >= 0.3 is 23.9 Å². The number of carboxylic acids is 4. The normalized spacial score (nSPS) is 14.0. The van der Waals surface area contributed by atoms with Gasteiger partial charge in [0.1, 0.15) is 5.82 Å². The highest BCUT2D eigenvalue weighted by molar-refractivity contribution is 6.31. The van der Waals surface area contributed by atoms with Crippen LogP contribution >= 0.6 is 11.6 Å². The molecule has 3 rings (SSSR count). The second kappa shape index (κ2) is 19.6. The summed E-state index contributed by atoms with van der Waals surface area (Å²) in [5, 5.41) is 34.8. The van der Waals surface area contributed by atoms with E-state index >= 15 is 0 Å². The number of nitrogens with one attached hydrogen (secondary N) is 1. The average Bonchev–Trinajstić information content (AvgIpc) is 3.46. The Bertz CT molecular complexity index is 1120. The van der Waals surface area contributed by atoms with Crippen molar-refractivity contribution >= 4 is 41.2 Å². The maximum absolute atomic E-state index is 13.5. The van der Waals surface area contributed by atoms with Crippen molar-refractivity contribution in [3.8, 4) is 5.88 Å². The first-order chi connectivity index (χ1) is 19.5. The van der Waals surface area contributed by atoms with Crippen LogP contribution < -0.4 is 15.0 Å². The summed E-state index contributed by atoms with van der Waals surface area (Å²) in [6.07, 6.45) is 6.96. The summed E-state index contributed by atoms with van der Waals surface area (Å²) in [7, 11) is 0. The molecule has 1 atom stereocenters. The van der Waals surface area contributed by atoms with Gasteiger partial charge in [0.2, 0.25) is 5.88 Å². The van der Waals surface area contributed by atoms with Gasteiger partial charge in [0, 0.05) is 61.4 Å². The van der Waals surface area contributed by atoms with Gasteiger partial charge in [0.05, 0.1) is 11.6 Å². The van der Waals surface area contributed by atoms with E-state index in [1.807, 2.05) is 24.3 Å². The second-order valence-electron chi connectivity index (χ2n) is 8.18. The van der Waals surface area contributed by atoms with Crippen LogP contribution in [-0.4, -0.2) is 81.6 Å². The van der Waals surface area contributed by atoms with Gasteiger partial charge in [0.25, 0.3) is 0 Å². The largest absolute Gasteiger partial charge is 0.478 e. The Morgan fingerprint density at radius 1 is 0.976 bits per heavy atom. The first kappa shape index (κ1) is 34.5. The first-order valence-electron chi connectivity index (χ1n) is 12.2. The number of hydrogen-bond donors (Lipinski definition) is 5. The number of aliphatic carboxylic acids is 4. The topological polar surface area (TPSA) is 187 Å². The van der Waals surface area contributed by atoms with E-state index in [2.05, 4.69) is 15.2 Å². The summed E-state index contributed by atoms with van der Waals surface area (Å²) >= 11 is 5.97. The zero-order valence-corrected chi connectivity index (χ0v) is 22.6. The fourth-order valence-corrected chi connectivity index (χ4v) is 3.54. The number of nitrogens with zero attached hydrogens (tertiary/aromatic N) is 2. The molecule has 41 heavy (non-hydrogen) atoms. The van der Waals surface area contributed by atoms with E-state index < -0.39 is 23.9 Å². The standard InChI is InChI=1S/C19H23ClFN3O.2C4H4O4/c20-17-13-15(6-7-18(17)21)24(16-8-10-22-14-16)11-3-4-12-25-19-5-1-2-9-23-19;2*5-3(6)1-2-4(7)8/h1-2,5-7,9,13,16,22H,3-4,8,10-12,14H2;2*1-2H,(H,5,6)(H,7,8). The number of hydrogen-bond acceptors (Lipinski definition) is 8. The lowest BCUT2D eigenvalue weighted by Crippen LogP contribution is -2.37. The average molecular weight is 596 g/mol. The molecular formula is C27H31ClFN3O9. The molecule has 1 aliphatic rings. The molecule has 0 spiro atoms. The maximum atomic E-state index is 13.5. The molecule has 1 fully saturated rings. The lowest BCUT2D eigenvalue weighted by Gasteiger charge is -2.31. The molecule has 1 unspecified atom stereocenters. The lowest BCUT2D eigenvalue weighted by molar-refractivity contribution is -0.134. The fraction of sp³-hybridized carbons (Fsp3) is 0.296. The zero-order valence-electron chi connectivity index (χ0n) is 21.9. The zero-order chi connectivity index (χ0) is 30.6. The van der Waals surface area contributed by atoms with E-state index in [-0.39, 0.29) is 10.8 Å². The summed E-state index contributed by atoms with van der Waals surface area (Å²) in [6, 6.07) is 11.0. The summed E-state index contributed by atoms with van der Waals surface area (Å²) in [4.78, 5) is 44.7. The third-order valence-electron chi connectivity index (χ3n) is 5.13. The highest BCUT2D eigenvalue weighted by Crippen LogP contribution is 2.26. The van der Waals surface area contributed by atoms with E-state index in [0.29, 0.717) is 42.8 Å². The molecule has 12 nitrogen and oxygen atoms in total. The summed E-state index contributed by atoms with van der Waals surface area (Å²) in [5.74, 6) is -4.75. The number of anilines is 1. The van der Waals surface area contributed by atoms with Crippen molar-refractivity contribution in [2.75, 3.05) is 31.1 Å². The summed E-state index contributed by atoms with van der Waals surface area (Å²) in [6.45, 7) is 3.48. The number of pyridine rings is 1. The Labute approximate surface area is 240 Å². The smallest absolute Gasteiger partial charge is 0.328 e. The van der Waals surface area contributed by atoms with Gasteiger partial charge in [0.15, 0.2) is 0 Å². The Morgan fingerprint density at radius 2 is 1.59 bits per heavy atom. The molecule has 14 heteroatoms. The number of carboxylic acid groups (broad SMARTS) is 4. The van der Waals surface area contributed by atoms with Gasteiger partial charge in [-0.05, 0) is 50.1 Å². The minimum Gasteiger partial charge on any atom is -0.478 e. The van der Waals surface area contributed by atoms with Gasteiger partial charge < -0.3 is 35.4 Å². The van der Waals surface area contributed by atoms with Gasteiger partial charge in [-0.15, -0.1) is 0 Å². The van der Waals surface area contributed by atoms with Crippen LogP contribution in [0.3, 0.4) is 0 Å². The second-order valence-corrected chi connectivity index (χ2v) is 8.59. The number of carbonyl (C=O) groups is 4. The van der Waals surface area contributed by atoms with Gasteiger partial charge in [-0.1, -0.05) is 17.7 Å². The summed E-state index contributed by atoms with van der Waals surface area (Å²) < 4.78 is 19.1. The molecular weight excluding hydrogens is 565 g/mol. The molecule has 1 saturated heterocycles. The van der Waals surface area contributed by atoms with Crippen LogP contribution in [0.1, 0.15) is 19.3 Å². The molecule has 2 heterocycles. The number of rotatable bonds is 12. The molecule has 222 valence electrons. The number of ether oxygens (including phenoxy) is 1. The number of aromatic nitrogens is 1. The number of halogens is 2. The van der Waals surface area contributed by atoms with Crippen LogP contribution in [0, 0.1) is 5.82 Å². The van der Waals surface area contributed by atoms with Crippen molar-refractivity contribution in [3.63, 3.8) is 0 Å². The predicted molar refractivity (Wildman–Crippen MR) is 148 cm³/mol. The quantitative estimate of drug-likeness (QED) is 0.178. The number of unbranched alkanes of at least 4 members (excludes halogenated alkanes) is 1. The van der Waals surface area contributed by atoms with Crippen LogP contribution in [-0.2, 0) is 19.2 Å². The molecule has 5 N–H and O–H groups in total. The van der Waals surface area contributed by atoms with Crippen molar-refractivity contribution in [1.82, 2.24) is 10.3 Å². The third kappa shape index (κ3) is 16.3. The molecule has 0 amide bonds. The van der Waals surface area contributed by atoms with Gasteiger partial charge in [-0.2, -0.15) is 0 Å². The SMILES string of the molecule is Fc1ccc(N(CCCCOc2ccccn2)C2CCNC2)cc1Cl.O=C(O)C=CC(=O)O.O=C(O)C=CC(=O)O. The van der Waals surface area contributed by atoms with E-state index in [1.54, 1.807) is 12.3 Å². The first-order valence-corrected chi connectivity index (χ1v) is 12.6. The van der Waals surface area contributed by atoms with Crippen LogP contribution in [0.2, 0.25) is 5.02 Å². The Balaban J connectivity index is 0.000000433. The Kier molecular flexibility index (Phi) is 16.5. The predicted octanol–water partition coefficient (Wildman–Crippen LogP) is 3.33. The van der Waals surface area contributed by atoms with E-state index in [9.17, 15) is 23.6 Å². The minimum atomic E-state index is -1.26. The van der Waals surface area contributed by atoms with E-state index in [4.69, 9.17) is 36.8 Å². The molecule has 1 aliphatic heterocycles. The molecule has 1 aromatic heterocycles. The van der Waals surface area contributed by atoms with Crippen molar-refractivity contribution in [3.05, 3.63) is 77.7 Å². The number of benzene rings is 1. The highest BCUT2D eigenvalue weighted by Gasteiger charge is 2.23. The molecule has 0 saturated carbocycles. The molecule has 0 aliphatic carbocycles. The van der Waals surface area contributed by atoms with Crippen LogP contribution in [0.25, 0.3) is 0 Å². The third-order valence-corrected chi connectivity index (χ3v) is 5.42.